The Labute approximate surface area is 232 Å². The summed E-state index contributed by atoms with van der Waals surface area (Å²) in [6.07, 6.45) is -2.30. The van der Waals surface area contributed by atoms with Gasteiger partial charge in [-0.1, -0.05) is 45.9 Å². The quantitative estimate of drug-likeness (QED) is 0.297. The number of hydrogen-bond donors (Lipinski definition) is 4. The summed E-state index contributed by atoms with van der Waals surface area (Å²) < 4.78 is 43.4. The van der Waals surface area contributed by atoms with E-state index in [-0.39, 0.29) is 35.8 Å². The molecule has 0 saturated carbocycles. The fourth-order valence-corrected chi connectivity index (χ4v) is 3.83. The fraction of sp³-hybridized carbons (Fsp3) is 0.483. The van der Waals surface area contributed by atoms with Crippen LogP contribution in [0.1, 0.15) is 49.2 Å². The van der Waals surface area contributed by atoms with E-state index in [0.29, 0.717) is 10.5 Å². The van der Waals surface area contributed by atoms with Gasteiger partial charge < -0.3 is 25.7 Å². The van der Waals surface area contributed by atoms with Gasteiger partial charge in [0.2, 0.25) is 5.91 Å². The van der Waals surface area contributed by atoms with Gasteiger partial charge in [0.25, 0.3) is 17.7 Å². The average Bonchev–Trinajstić information content (AvgIpc) is 2.87. The molecule has 2 rings (SSSR count). The summed E-state index contributed by atoms with van der Waals surface area (Å²) in [7, 11) is 0. The van der Waals surface area contributed by atoms with Gasteiger partial charge in [-0.15, -0.1) is 0 Å². The molecular weight excluding hydrogens is 527 g/mol. The first-order chi connectivity index (χ1) is 18.6. The number of halogens is 3. The summed E-state index contributed by atoms with van der Waals surface area (Å²) in [5.41, 5.74) is 0.615. The molecule has 4 N–H and O–H groups in total. The van der Waals surface area contributed by atoms with Crippen LogP contribution in [0.3, 0.4) is 0 Å². The van der Waals surface area contributed by atoms with Gasteiger partial charge in [0.05, 0.1) is 19.1 Å². The van der Waals surface area contributed by atoms with E-state index in [1.54, 1.807) is 0 Å². The lowest BCUT2D eigenvalue weighted by molar-refractivity contribution is -0.152. The molecule has 2 aromatic carbocycles. The third-order valence-corrected chi connectivity index (χ3v) is 6.45. The van der Waals surface area contributed by atoms with Crippen LogP contribution in [0.15, 0.2) is 42.5 Å². The van der Waals surface area contributed by atoms with Crippen LogP contribution in [-0.4, -0.2) is 70.5 Å². The first kappa shape index (κ1) is 32.6. The fourth-order valence-electron chi connectivity index (χ4n) is 3.83. The first-order valence-corrected chi connectivity index (χ1v) is 13.1. The minimum Gasteiger partial charge on any atom is -0.508 e. The number of aliphatic hydroxyl groups is 1. The second kappa shape index (κ2) is 14.2. The van der Waals surface area contributed by atoms with Gasteiger partial charge in [-0.25, -0.2) is 13.2 Å². The van der Waals surface area contributed by atoms with Crippen LogP contribution >= 0.6 is 0 Å². The van der Waals surface area contributed by atoms with Crippen molar-refractivity contribution >= 4 is 17.7 Å². The molecule has 0 heterocycles. The highest BCUT2D eigenvalue weighted by Crippen LogP contribution is 2.26. The number of aromatic hydroxyl groups is 1. The van der Waals surface area contributed by atoms with Crippen LogP contribution in [0.25, 0.3) is 0 Å². The van der Waals surface area contributed by atoms with E-state index >= 15 is 0 Å². The third kappa shape index (κ3) is 9.25. The molecule has 11 heteroatoms. The number of hydrogen-bond acceptors (Lipinski definition) is 5. The number of phenols is 1. The third-order valence-electron chi connectivity index (χ3n) is 6.45. The Morgan fingerprint density at radius 3 is 2.30 bits per heavy atom. The lowest BCUT2D eigenvalue weighted by Crippen LogP contribution is -2.56. The maximum absolute atomic E-state index is 14.7. The van der Waals surface area contributed by atoms with Crippen LogP contribution in [0.5, 0.6) is 5.75 Å². The molecule has 0 fully saturated rings. The van der Waals surface area contributed by atoms with Crippen molar-refractivity contribution in [3.05, 3.63) is 65.0 Å². The number of carbonyl (C=O) groups excluding carboxylic acids is 3. The highest BCUT2D eigenvalue weighted by Gasteiger charge is 2.40. The van der Waals surface area contributed by atoms with Crippen LogP contribution in [0.2, 0.25) is 0 Å². The van der Waals surface area contributed by atoms with Crippen LogP contribution < -0.4 is 10.6 Å². The van der Waals surface area contributed by atoms with Gasteiger partial charge >= 0.3 is 0 Å². The molecule has 0 aliphatic carbocycles. The predicted octanol–water partition coefficient (Wildman–Crippen LogP) is 3.43. The molecule has 0 aliphatic heterocycles. The molecule has 0 radical (unpaired) electrons. The van der Waals surface area contributed by atoms with Crippen molar-refractivity contribution in [3.63, 3.8) is 0 Å². The number of alkyl halides is 2. The number of carbonyl (C=O) groups is 3. The number of phenolic OH excluding ortho intramolecular Hbond substituents is 1. The lowest BCUT2D eigenvalue weighted by atomic mass is 9.98. The Morgan fingerprint density at radius 2 is 1.70 bits per heavy atom. The van der Waals surface area contributed by atoms with Crippen LogP contribution in [0, 0.1) is 24.6 Å². The average molecular weight is 566 g/mol. The van der Waals surface area contributed by atoms with Crippen molar-refractivity contribution in [2.24, 2.45) is 11.8 Å². The molecule has 0 aliphatic rings. The molecule has 40 heavy (non-hydrogen) atoms. The normalized spacial score (nSPS) is 13.2. The Hall–Kier alpha value is -3.60. The number of nitrogens with zero attached hydrogens (tertiary/aromatic N) is 1. The van der Waals surface area contributed by atoms with Gasteiger partial charge in [-0.3, -0.25) is 14.4 Å². The van der Waals surface area contributed by atoms with Crippen molar-refractivity contribution in [2.75, 3.05) is 19.6 Å². The second-order valence-corrected chi connectivity index (χ2v) is 10.6. The molecule has 220 valence electrons. The van der Waals surface area contributed by atoms with Gasteiger partial charge in [-0.05, 0) is 49.1 Å². The summed E-state index contributed by atoms with van der Waals surface area (Å²) in [5.74, 6) is -7.86. The first-order valence-electron chi connectivity index (χ1n) is 13.1. The van der Waals surface area contributed by atoms with Crippen molar-refractivity contribution < 1.29 is 37.8 Å². The van der Waals surface area contributed by atoms with Crippen molar-refractivity contribution in [1.82, 2.24) is 15.5 Å². The van der Waals surface area contributed by atoms with E-state index in [4.69, 9.17) is 0 Å². The summed E-state index contributed by atoms with van der Waals surface area (Å²) in [6, 6.07) is 8.12. The van der Waals surface area contributed by atoms with Crippen LogP contribution in [0.4, 0.5) is 13.2 Å². The molecule has 2 aromatic rings. The molecule has 0 saturated heterocycles. The summed E-state index contributed by atoms with van der Waals surface area (Å²) in [5, 5.41) is 26.2. The number of benzene rings is 2. The van der Waals surface area contributed by atoms with Gasteiger partial charge in [0, 0.05) is 23.6 Å². The van der Waals surface area contributed by atoms with Gasteiger partial charge in [0.15, 0.2) is 6.10 Å². The highest BCUT2D eigenvalue weighted by molar-refractivity contribution is 5.97. The van der Waals surface area contributed by atoms with Crippen LogP contribution in [-0.2, 0) is 16.0 Å². The SMILES string of the molecule is Cc1c(O)cccc1C(=O)NC(Cc1cccc(F)c1)C(O)C(=O)N(CC(=O)NCC(C)C)CC(F)(F)C(C)C. The highest BCUT2D eigenvalue weighted by atomic mass is 19.3. The zero-order chi connectivity index (χ0) is 30.2. The largest absolute Gasteiger partial charge is 0.508 e. The van der Waals surface area contributed by atoms with Crippen molar-refractivity contribution in [1.29, 1.82) is 0 Å². The predicted molar refractivity (Wildman–Crippen MR) is 144 cm³/mol. The van der Waals surface area contributed by atoms with Gasteiger partial charge in [0.1, 0.15) is 11.6 Å². The maximum atomic E-state index is 14.7. The zero-order valence-corrected chi connectivity index (χ0v) is 23.4. The number of rotatable bonds is 13. The second-order valence-electron chi connectivity index (χ2n) is 10.6. The minimum absolute atomic E-state index is 0.0557. The van der Waals surface area contributed by atoms with E-state index in [0.717, 1.165) is 6.07 Å². The van der Waals surface area contributed by atoms with Crippen molar-refractivity contribution in [3.8, 4) is 5.75 Å². The summed E-state index contributed by atoms with van der Waals surface area (Å²) in [4.78, 5) is 39.6. The van der Waals surface area contributed by atoms with E-state index in [1.165, 1.54) is 57.2 Å². The van der Waals surface area contributed by atoms with Crippen molar-refractivity contribution in [2.45, 2.75) is 59.1 Å². The minimum atomic E-state index is -3.38. The molecule has 2 atom stereocenters. The molecule has 0 spiro atoms. The Kier molecular flexibility index (Phi) is 11.5. The number of nitrogens with one attached hydrogen (secondary N) is 2. The molecule has 2 unspecified atom stereocenters. The molecular formula is C29H38F3N3O5. The number of amides is 3. The topological polar surface area (TPSA) is 119 Å². The summed E-state index contributed by atoms with van der Waals surface area (Å²) >= 11 is 0. The Balaban J connectivity index is 2.41. The smallest absolute Gasteiger partial charge is 0.267 e. The zero-order valence-electron chi connectivity index (χ0n) is 23.4. The standard InChI is InChI=1S/C29H38F3N3O5/c1-17(2)14-33-25(37)15-35(16-29(31,32)18(3)4)28(40)26(38)23(13-20-8-6-9-21(30)12-20)34-27(39)22-10-7-11-24(36)19(22)5/h6-12,17-18,23,26,36,38H,13-16H2,1-5H3,(H,33,37)(H,34,39). The molecule has 0 aromatic heterocycles. The Morgan fingerprint density at radius 1 is 1.05 bits per heavy atom. The summed E-state index contributed by atoms with van der Waals surface area (Å²) in [6.45, 7) is 6.09. The lowest BCUT2D eigenvalue weighted by Gasteiger charge is -2.33. The van der Waals surface area contributed by atoms with E-state index in [2.05, 4.69) is 10.6 Å². The van der Waals surface area contributed by atoms with E-state index in [9.17, 15) is 37.8 Å². The molecule has 3 amide bonds. The maximum Gasteiger partial charge on any atom is 0.267 e. The molecule has 0 bridgehead atoms. The monoisotopic (exact) mass is 565 g/mol. The van der Waals surface area contributed by atoms with Gasteiger partial charge in [-0.2, -0.15) is 0 Å². The Bertz CT molecular complexity index is 1190. The van der Waals surface area contributed by atoms with E-state index in [1.807, 2.05) is 13.8 Å². The number of aliphatic hydroxyl groups excluding tert-OH is 1. The molecule has 8 nitrogen and oxygen atoms in total. The van der Waals surface area contributed by atoms with E-state index < -0.39 is 60.6 Å².